The Morgan fingerprint density at radius 3 is 2.58 bits per heavy atom. The second-order valence-corrected chi connectivity index (χ2v) is 6.14. The van der Waals surface area contributed by atoms with Gasteiger partial charge in [-0.25, -0.2) is 4.98 Å². The third kappa shape index (κ3) is 3.83. The lowest BCUT2D eigenvalue weighted by atomic mass is 10.1. The van der Waals surface area contributed by atoms with Crippen molar-refractivity contribution in [2.45, 2.75) is 13.2 Å². The highest BCUT2D eigenvalue weighted by Gasteiger charge is 2.03. The van der Waals surface area contributed by atoms with E-state index >= 15 is 0 Å². The van der Waals surface area contributed by atoms with Gasteiger partial charge >= 0.3 is 0 Å². The van der Waals surface area contributed by atoms with Gasteiger partial charge in [0.15, 0.2) is 0 Å². The topological polar surface area (TPSA) is 34.1 Å². The Hall–Kier alpha value is -3.33. The molecule has 0 aliphatic carbocycles. The van der Waals surface area contributed by atoms with Crippen molar-refractivity contribution in [1.82, 2.24) is 4.98 Å². The summed E-state index contributed by atoms with van der Waals surface area (Å²) in [5, 5.41) is 5.80. The van der Waals surface area contributed by atoms with E-state index in [9.17, 15) is 0 Å². The number of nitrogens with one attached hydrogen (secondary N) is 1. The molecular formula is C23H20N2O. The van der Waals surface area contributed by atoms with Crippen molar-refractivity contribution in [2.75, 3.05) is 5.32 Å². The quantitative estimate of drug-likeness (QED) is 0.508. The number of pyridine rings is 1. The first kappa shape index (κ1) is 16.2. The number of hydrogen-bond donors (Lipinski definition) is 1. The molecule has 128 valence electrons. The highest BCUT2D eigenvalue weighted by Crippen LogP contribution is 2.21. The van der Waals surface area contributed by atoms with Gasteiger partial charge in [0.05, 0.1) is 0 Å². The van der Waals surface area contributed by atoms with Crippen LogP contribution >= 0.6 is 0 Å². The van der Waals surface area contributed by atoms with Crippen molar-refractivity contribution >= 4 is 16.6 Å². The van der Waals surface area contributed by atoms with Crippen molar-refractivity contribution in [3.05, 3.63) is 102 Å². The Morgan fingerprint density at radius 2 is 1.65 bits per heavy atom. The van der Waals surface area contributed by atoms with Crippen molar-refractivity contribution in [1.29, 1.82) is 0 Å². The molecule has 0 bridgehead atoms. The lowest BCUT2D eigenvalue weighted by molar-refractivity contribution is 0.307. The van der Waals surface area contributed by atoms with E-state index in [2.05, 4.69) is 64.9 Å². The van der Waals surface area contributed by atoms with E-state index in [1.54, 1.807) is 6.20 Å². The van der Waals surface area contributed by atoms with Crippen LogP contribution in [-0.2, 0) is 13.2 Å². The molecular weight excluding hydrogens is 320 g/mol. The largest absolute Gasteiger partial charge is 0.489 e. The molecule has 0 saturated carbocycles. The minimum absolute atomic E-state index is 0.554. The Kier molecular flexibility index (Phi) is 4.79. The fraction of sp³-hybridized carbons (Fsp3) is 0.0870. The number of hydrogen-bond acceptors (Lipinski definition) is 3. The van der Waals surface area contributed by atoms with Crippen molar-refractivity contribution in [2.24, 2.45) is 0 Å². The van der Waals surface area contributed by atoms with E-state index in [0.29, 0.717) is 13.2 Å². The van der Waals surface area contributed by atoms with E-state index in [-0.39, 0.29) is 0 Å². The second-order valence-electron chi connectivity index (χ2n) is 6.14. The normalized spacial score (nSPS) is 10.6. The van der Waals surface area contributed by atoms with E-state index in [0.717, 1.165) is 17.1 Å². The van der Waals surface area contributed by atoms with Crippen molar-refractivity contribution in [3.63, 3.8) is 0 Å². The molecule has 4 aromatic rings. The van der Waals surface area contributed by atoms with E-state index in [4.69, 9.17) is 4.74 Å². The van der Waals surface area contributed by atoms with Crippen LogP contribution in [0.3, 0.4) is 0 Å². The monoisotopic (exact) mass is 340 g/mol. The number of fused-ring (bicyclic) bond motifs is 1. The Balaban J connectivity index is 1.43. The molecule has 0 amide bonds. The highest BCUT2D eigenvalue weighted by molar-refractivity contribution is 5.85. The number of anilines is 1. The molecule has 1 aromatic heterocycles. The molecule has 1 heterocycles. The van der Waals surface area contributed by atoms with Gasteiger partial charge in [0.25, 0.3) is 0 Å². The highest BCUT2D eigenvalue weighted by atomic mass is 16.5. The molecule has 0 unspecified atom stereocenters. The number of rotatable bonds is 6. The summed E-state index contributed by atoms with van der Waals surface area (Å²) in [5.41, 5.74) is 2.35. The minimum atomic E-state index is 0.554. The molecule has 0 saturated heterocycles. The summed E-state index contributed by atoms with van der Waals surface area (Å²) < 4.78 is 6.05. The minimum Gasteiger partial charge on any atom is -0.489 e. The van der Waals surface area contributed by atoms with Gasteiger partial charge in [-0.15, -0.1) is 0 Å². The summed E-state index contributed by atoms with van der Waals surface area (Å²) in [6.07, 6.45) is 1.78. The van der Waals surface area contributed by atoms with Gasteiger partial charge in [0.2, 0.25) is 0 Å². The summed E-state index contributed by atoms with van der Waals surface area (Å²) in [5.74, 6) is 1.74. The predicted molar refractivity (Wildman–Crippen MR) is 106 cm³/mol. The lowest BCUT2D eigenvalue weighted by Crippen LogP contribution is -2.02. The SMILES string of the molecule is c1ccc(NCc2cccc(OCc3cccc4ccccc34)c2)nc1. The molecule has 0 fully saturated rings. The average molecular weight is 340 g/mol. The van der Waals surface area contributed by atoms with Crippen LogP contribution in [-0.4, -0.2) is 4.98 Å². The molecule has 4 rings (SSSR count). The molecule has 3 nitrogen and oxygen atoms in total. The van der Waals surface area contributed by atoms with Crippen LogP contribution in [0.5, 0.6) is 5.75 Å². The van der Waals surface area contributed by atoms with E-state index < -0.39 is 0 Å². The molecule has 26 heavy (non-hydrogen) atoms. The molecule has 1 N–H and O–H groups in total. The molecule has 0 radical (unpaired) electrons. The van der Waals surface area contributed by atoms with E-state index in [1.165, 1.54) is 16.3 Å². The van der Waals surface area contributed by atoms with Crippen LogP contribution < -0.4 is 10.1 Å². The van der Waals surface area contributed by atoms with Gasteiger partial charge in [-0.3, -0.25) is 0 Å². The molecule has 0 atom stereocenters. The standard InChI is InChI=1S/C23H20N2O/c1-2-12-22-19(8-1)9-6-10-20(22)17-26-21-11-5-7-18(15-21)16-25-23-13-3-4-14-24-23/h1-15H,16-17H2,(H,24,25). The Morgan fingerprint density at radius 1 is 0.808 bits per heavy atom. The van der Waals surface area contributed by atoms with Gasteiger partial charge in [0, 0.05) is 12.7 Å². The first-order valence-corrected chi connectivity index (χ1v) is 8.72. The fourth-order valence-electron chi connectivity index (χ4n) is 2.98. The van der Waals surface area contributed by atoms with Gasteiger partial charge < -0.3 is 10.1 Å². The maximum absolute atomic E-state index is 6.05. The van der Waals surface area contributed by atoms with Gasteiger partial charge in [0.1, 0.15) is 18.2 Å². The summed E-state index contributed by atoms with van der Waals surface area (Å²) in [6.45, 7) is 1.26. The third-order valence-corrected chi connectivity index (χ3v) is 4.31. The van der Waals surface area contributed by atoms with Crippen molar-refractivity contribution < 1.29 is 4.74 Å². The predicted octanol–water partition coefficient (Wildman–Crippen LogP) is 5.43. The summed E-state index contributed by atoms with van der Waals surface area (Å²) >= 11 is 0. The summed E-state index contributed by atoms with van der Waals surface area (Å²) in [7, 11) is 0. The summed E-state index contributed by atoms with van der Waals surface area (Å²) in [4.78, 5) is 4.28. The smallest absolute Gasteiger partial charge is 0.126 e. The van der Waals surface area contributed by atoms with Gasteiger partial charge in [-0.2, -0.15) is 0 Å². The van der Waals surface area contributed by atoms with Crippen molar-refractivity contribution in [3.8, 4) is 5.75 Å². The zero-order valence-electron chi connectivity index (χ0n) is 14.4. The third-order valence-electron chi connectivity index (χ3n) is 4.31. The fourth-order valence-corrected chi connectivity index (χ4v) is 2.98. The van der Waals surface area contributed by atoms with Crippen LogP contribution in [0.4, 0.5) is 5.82 Å². The summed E-state index contributed by atoms with van der Waals surface area (Å²) in [6, 6.07) is 28.7. The van der Waals surface area contributed by atoms with Crippen LogP contribution in [0.2, 0.25) is 0 Å². The first-order valence-electron chi connectivity index (χ1n) is 8.72. The molecule has 0 spiro atoms. The zero-order chi connectivity index (χ0) is 17.6. The molecule has 3 heteroatoms. The zero-order valence-corrected chi connectivity index (χ0v) is 14.4. The second kappa shape index (κ2) is 7.70. The van der Waals surface area contributed by atoms with Crippen LogP contribution in [0.15, 0.2) is 91.1 Å². The number of aromatic nitrogens is 1. The molecule has 0 aliphatic heterocycles. The number of ether oxygens (including phenoxy) is 1. The maximum atomic E-state index is 6.05. The molecule has 3 aromatic carbocycles. The maximum Gasteiger partial charge on any atom is 0.126 e. The van der Waals surface area contributed by atoms with Crippen LogP contribution in [0.1, 0.15) is 11.1 Å². The Labute approximate surface area is 153 Å². The molecule has 0 aliphatic rings. The van der Waals surface area contributed by atoms with Crippen LogP contribution in [0, 0.1) is 0 Å². The number of benzene rings is 3. The van der Waals surface area contributed by atoms with E-state index in [1.807, 2.05) is 30.3 Å². The van der Waals surface area contributed by atoms with Gasteiger partial charge in [-0.1, -0.05) is 60.7 Å². The Bertz CT molecular complexity index is 994. The average Bonchev–Trinajstić information content (AvgIpc) is 2.72. The van der Waals surface area contributed by atoms with Crippen LogP contribution in [0.25, 0.3) is 10.8 Å². The van der Waals surface area contributed by atoms with Gasteiger partial charge in [-0.05, 0) is 46.2 Å². The number of nitrogens with zero attached hydrogens (tertiary/aromatic N) is 1. The first-order chi connectivity index (χ1) is 12.9. The lowest BCUT2D eigenvalue weighted by Gasteiger charge is -2.11.